The maximum atomic E-state index is 13.4. The molecule has 0 saturated heterocycles. The molecule has 190 valence electrons. The monoisotopic (exact) mass is 505 g/mol. The van der Waals surface area contributed by atoms with Gasteiger partial charge in [0.25, 0.3) is 0 Å². The fourth-order valence-electron chi connectivity index (χ4n) is 3.42. The predicted octanol–water partition coefficient (Wildman–Crippen LogP) is 4.44. The van der Waals surface area contributed by atoms with E-state index in [0.29, 0.717) is 5.75 Å². The first-order valence-corrected chi connectivity index (χ1v) is 10.6. The van der Waals surface area contributed by atoms with Crippen molar-refractivity contribution in [1.82, 2.24) is 4.98 Å². The minimum Gasteiger partial charge on any atom is -0.493 e. The van der Waals surface area contributed by atoms with E-state index < -0.39 is 30.3 Å². The summed E-state index contributed by atoms with van der Waals surface area (Å²) in [7, 11) is 2.75. The number of nitrogens with zero attached hydrogens (tertiary/aromatic N) is 1. The van der Waals surface area contributed by atoms with E-state index in [1.165, 1.54) is 26.4 Å². The average Bonchev–Trinajstić information content (AvgIpc) is 2.82. The summed E-state index contributed by atoms with van der Waals surface area (Å²) in [4.78, 5) is 40.7. The summed E-state index contributed by atoms with van der Waals surface area (Å²) < 4.78 is 57.5. The molecule has 0 saturated carbocycles. The van der Waals surface area contributed by atoms with Crippen LogP contribution < -0.4 is 14.2 Å². The second-order valence-electron chi connectivity index (χ2n) is 7.84. The standard InChI is InChI=1S/C25H22F3NO7/c1-13(2)35-16-7-5-6-14(8-16)23(31)22-18-11-20(34-4)19(33-3)10-17(18)15(12-29-22)9-21(30)36-24(32)25(26,27)28/h5-8,10-13H,9H2,1-4H3. The molecule has 1 aromatic heterocycles. The molecule has 1 heterocycles. The molecule has 0 atom stereocenters. The van der Waals surface area contributed by atoms with Crippen LogP contribution in [0.4, 0.5) is 13.2 Å². The molecule has 0 bridgehead atoms. The average molecular weight is 505 g/mol. The fourth-order valence-corrected chi connectivity index (χ4v) is 3.42. The molecule has 3 aromatic rings. The predicted molar refractivity (Wildman–Crippen MR) is 121 cm³/mol. The van der Waals surface area contributed by atoms with Crippen molar-refractivity contribution in [3.63, 3.8) is 0 Å². The van der Waals surface area contributed by atoms with E-state index in [0.717, 1.165) is 6.20 Å². The largest absolute Gasteiger partial charge is 0.493 e. The molecule has 0 radical (unpaired) electrons. The van der Waals surface area contributed by atoms with Crippen LogP contribution in [0.15, 0.2) is 42.6 Å². The van der Waals surface area contributed by atoms with Gasteiger partial charge in [-0.25, -0.2) is 4.79 Å². The zero-order valence-corrected chi connectivity index (χ0v) is 19.8. The van der Waals surface area contributed by atoms with E-state index in [4.69, 9.17) is 14.2 Å². The van der Waals surface area contributed by atoms with E-state index >= 15 is 0 Å². The number of rotatable bonds is 8. The summed E-state index contributed by atoms with van der Waals surface area (Å²) in [5, 5.41) is 0.525. The smallest absolute Gasteiger partial charge is 0.491 e. The number of halogens is 3. The van der Waals surface area contributed by atoms with Gasteiger partial charge < -0.3 is 18.9 Å². The van der Waals surface area contributed by atoms with Crippen LogP contribution in [-0.2, 0) is 20.7 Å². The number of fused-ring (bicyclic) bond motifs is 1. The molecule has 8 nitrogen and oxygen atoms in total. The Bertz CT molecular complexity index is 1320. The number of esters is 2. The molecule has 11 heteroatoms. The van der Waals surface area contributed by atoms with E-state index in [1.807, 2.05) is 13.8 Å². The Balaban J connectivity index is 2.09. The van der Waals surface area contributed by atoms with Gasteiger partial charge in [0.2, 0.25) is 5.78 Å². The second kappa shape index (κ2) is 10.6. The topological polar surface area (TPSA) is 101 Å². The highest BCUT2D eigenvalue weighted by Gasteiger charge is 2.42. The lowest BCUT2D eigenvalue weighted by Gasteiger charge is -2.15. The van der Waals surface area contributed by atoms with Crippen molar-refractivity contribution in [1.29, 1.82) is 0 Å². The van der Waals surface area contributed by atoms with Crippen LogP contribution in [0, 0.1) is 0 Å². The van der Waals surface area contributed by atoms with Crippen molar-refractivity contribution in [2.24, 2.45) is 0 Å². The Kier molecular flexibility index (Phi) is 7.81. The Morgan fingerprint density at radius 1 is 0.972 bits per heavy atom. The first-order chi connectivity index (χ1) is 16.9. The Hall–Kier alpha value is -4.15. The molecule has 0 fully saturated rings. The lowest BCUT2D eigenvalue weighted by Crippen LogP contribution is -2.28. The van der Waals surface area contributed by atoms with Crippen molar-refractivity contribution in [2.45, 2.75) is 32.5 Å². The molecule has 0 amide bonds. The number of hydrogen-bond donors (Lipinski definition) is 0. The summed E-state index contributed by atoms with van der Waals surface area (Å²) in [6, 6.07) is 9.42. The van der Waals surface area contributed by atoms with Gasteiger partial charge in [-0.15, -0.1) is 0 Å². The van der Waals surface area contributed by atoms with Gasteiger partial charge in [0.05, 0.1) is 26.7 Å². The maximum Gasteiger partial charge on any atom is 0.491 e. The third kappa shape index (κ3) is 5.91. The van der Waals surface area contributed by atoms with Crippen LogP contribution in [0.1, 0.15) is 35.5 Å². The molecule has 36 heavy (non-hydrogen) atoms. The molecule has 3 rings (SSSR count). The summed E-state index contributed by atoms with van der Waals surface area (Å²) in [6.45, 7) is 3.68. The van der Waals surface area contributed by atoms with E-state index in [2.05, 4.69) is 9.72 Å². The van der Waals surface area contributed by atoms with E-state index in [1.54, 1.807) is 24.3 Å². The Morgan fingerprint density at radius 3 is 2.19 bits per heavy atom. The zero-order valence-electron chi connectivity index (χ0n) is 19.8. The molecule has 2 aromatic carbocycles. The Labute approximate surface area is 203 Å². The number of benzene rings is 2. The first kappa shape index (κ1) is 26.5. The normalized spacial score (nSPS) is 11.3. The minimum atomic E-state index is -5.32. The van der Waals surface area contributed by atoms with Crippen LogP contribution in [0.25, 0.3) is 10.8 Å². The van der Waals surface area contributed by atoms with Crippen LogP contribution in [0.2, 0.25) is 0 Å². The lowest BCUT2D eigenvalue weighted by atomic mass is 9.98. The number of carbonyl (C=O) groups is 3. The zero-order chi connectivity index (χ0) is 26.6. The summed E-state index contributed by atoms with van der Waals surface area (Å²) >= 11 is 0. The van der Waals surface area contributed by atoms with Crippen LogP contribution in [0.3, 0.4) is 0 Å². The van der Waals surface area contributed by atoms with Gasteiger partial charge in [-0.2, -0.15) is 13.2 Å². The van der Waals surface area contributed by atoms with Crippen molar-refractivity contribution >= 4 is 28.5 Å². The molecular formula is C25H22F3NO7. The van der Waals surface area contributed by atoms with Crippen LogP contribution in [0.5, 0.6) is 17.2 Å². The molecule has 0 unspecified atom stereocenters. The molecule has 0 N–H and O–H groups in total. The lowest BCUT2D eigenvalue weighted by molar-refractivity contribution is -0.201. The maximum absolute atomic E-state index is 13.4. The molecular weight excluding hydrogens is 483 g/mol. The summed E-state index contributed by atoms with van der Waals surface area (Å²) in [5.41, 5.74) is 0.384. The highest BCUT2D eigenvalue weighted by atomic mass is 19.4. The third-order valence-electron chi connectivity index (χ3n) is 4.93. The minimum absolute atomic E-state index is 0.00358. The quantitative estimate of drug-likeness (QED) is 0.252. The number of methoxy groups -OCH3 is 2. The number of ether oxygens (including phenoxy) is 4. The SMILES string of the molecule is COc1cc2c(CC(=O)OC(=O)C(F)(F)F)cnc(C(=O)c3cccc(OC(C)C)c3)c2cc1OC. The van der Waals surface area contributed by atoms with Crippen molar-refractivity contribution in [3.05, 3.63) is 59.4 Å². The number of hydrogen-bond acceptors (Lipinski definition) is 8. The van der Waals surface area contributed by atoms with E-state index in [9.17, 15) is 27.6 Å². The molecule has 0 aliphatic carbocycles. The van der Waals surface area contributed by atoms with Gasteiger partial charge in [0, 0.05) is 17.1 Å². The van der Waals surface area contributed by atoms with Gasteiger partial charge in [-0.1, -0.05) is 12.1 Å². The van der Waals surface area contributed by atoms with Gasteiger partial charge >= 0.3 is 18.1 Å². The fraction of sp³-hybridized carbons (Fsp3) is 0.280. The van der Waals surface area contributed by atoms with Gasteiger partial charge in [0.15, 0.2) is 11.5 Å². The summed E-state index contributed by atoms with van der Waals surface area (Å²) in [6.07, 6.45) is -4.99. The third-order valence-corrected chi connectivity index (χ3v) is 4.93. The number of pyridine rings is 1. The molecule has 0 aliphatic heterocycles. The first-order valence-electron chi connectivity index (χ1n) is 10.6. The molecule has 0 spiro atoms. The second-order valence-corrected chi connectivity index (χ2v) is 7.84. The number of carbonyl (C=O) groups excluding carboxylic acids is 3. The Morgan fingerprint density at radius 2 is 1.61 bits per heavy atom. The number of aromatic nitrogens is 1. The van der Waals surface area contributed by atoms with Gasteiger partial charge in [-0.05, 0) is 49.1 Å². The van der Waals surface area contributed by atoms with E-state index in [-0.39, 0.29) is 45.2 Å². The molecule has 0 aliphatic rings. The summed E-state index contributed by atoms with van der Waals surface area (Å²) in [5.74, 6) is -3.56. The van der Waals surface area contributed by atoms with Crippen molar-refractivity contribution in [3.8, 4) is 17.2 Å². The highest BCUT2D eigenvalue weighted by molar-refractivity contribution is 6.16. The van der Waals surface area contributed by atoms with Gasteiger partial charge in [-0.3, -0.25) is 14.6 Å². The van der Waals surface area contributed by atoms with Gasteiger partial charge in [0.1, 0.15) is 11.4 Å². The number of alkyl halides is 3. The number of ketones is 1. The highest BCUT2D eigenvalue weighted by Crippen LogP contribution is 2.36. The van der Waals surface area contributed by atoms with Crippen LogP contribution >= 0.6 is 0 Å². The van der Waals surface area contributed by atoms with Crippen molar-refractivity contribution in [2.75, 3.05) is 14.2 Å². The van der Waals surface area contributed by atoms with Crippen molar-refractivity contribution < 1.29 is 46.5 Å². The van der Waals surface area contributed by atoms with Crippen LogP contribution in [-0.4, -0.2) is 49.2 Å².